The third kappa shape index (κ3) is 3.26. The maximum Gasteiger partial charge on any atom is 0.126 e. The monoisotopic (exact) mass is 271 g/mol. The molecule has 0 radical (unpaired) electrons. The van der Waals surface area contributed by atoms with Gasteiger partial charge in [-0.2, -0.15) is 0 Å². The van der Waals surface area contributed by atoms with Crippen LogP contribution in [-0.4, -0.2) is 0 Å². The number of benzene rings is 2. The highest BCUT2D eigenvalue weighted by molar-refractivity contribution is 5.29. The van der Waals surface area contributed by atoms with Gasteiger partial charge in [0.15, 0.2) is 0 Å². The zero-order valence-electron chi connectivity index (χ0n) is 12.6. The molecular formula is C18H22FN. The minimum Gasteiger partial charge on any atom is -0.304 e. The first-order valence-electron chi connectivity index (χ1n) is 7.06. The Morgan fingerprint density at radius 3 is 2.25 bits per heavy atom. The molecule has 20 heavy (non-hydrogen) atoms. The lowest BCUT2D eigenvalue weighted by atomic mass is 10.00. The van der Waals surface area contributed by atoms with Gasteiger partial charge in [-0.05, 0) is 56.0 Å². The fraction of sp³-hybridized carbons (Fsp3) is 0.333. The van der Waals surface area contributed by atoms with Gasteiger partial charge in [-0.25, -0.2) is 4.39 Å². The lowest BCUT2D eigenvalue weighted by molar-refractivity contribution is 0.490. The molecule has 1 nitrogen and oxygen atoms in total. The Kier molecular flexibility index (Phi) is 4.56. The molecule has 2 atom stereocenters. The Bertz CT molecular complexity index is 592. The number of hydrogen-bond donors (Lipinski definition) is 1. The smallest absolute Gasteiger partial charge is 0.126 e. The van der Waals surface area contributed by atoms with Gasteiger partial charge < -0.3 is 5.32 Å². The van der Waals surface area contributed by atoms with Gasteiger partial charge in [-0.1, -0.05) is 36.4 Å². The van der Waals surface area contributed by atoms with Crippen LogP contribution in [0.2, 0.25) is 0 Å². The summed E-state index contributed by atoms with van der Waals surface area (Å²) in [7, 11) is 0. The van der Waals surface area contributed by atoms with Crippen molar-refractivity contribution in [3.8, 4) is 0 Å². The highest BCUT2D eigenvalue weighted by Crippen LogP contribution is 2.22. The fourth-order valence-electron chi connectivity index (χ4n) is 2.51. The van der Waals surface area contributed by atoms with Crippen molar-refractivity contribution in [3.63, 3.8) is 0 Å². The molecule has 0 heterocycles. The van der Waals surface area contributed by atoms with Crippen LogP contribution >= 0.6 is 0 Å². The van der Waals surface area contributed by atoms with Crippen LogP contribution in [0.15, 0.2) is 42.5 Å². The molecule has 0 aromatic heterocycles. The molecule has 0 bridgehead atoms. The first-order valence-corrected chi connectivity index (χ1v) is 7.06. The molecule has 0 aliphatic heterocycles. The average Bonchev–Trinajstić information content (AvgIpc) is 2.42. The molecule has 2 heteroatoms. The Balaban J connectivity index is 2.13. The van der Waals surface area contributed by atoms with E-state index in [2.05, 4.69) is 44.3 Å². The summed E-state index contributed by atoms with van der Waals surface area (Å²) in [5.74, 6) is -0.139. The quantitative estimate of drug-likeness (QED) is 0.837. The highest BCUT2D eigenvalue weighted by Gasteiger charge is 2.13. The summed E-state index contributed by atoms with van der Waals surface area (Å²) in [4.78, 5) is 0. The van der Waals surface area contributed by atoms with Crippen LogP contribution in [0.1, 0.15) is 48.2 Å². The van der Waals surface area contributed by atoms with Gasteiger partial charge in [-0.3, -0.25) is 0 Å². The van der Waals surface area contributed by atoms with E-state index >= 15 is 0 Å². The maximum absolute atomic E-state index is 13.6. The molecule has 2 rings (SSSR count). The third-order valence-electron chi connectivity index (χ3n) is 3.85. The number of aryl methyl sites for hydroxylation is 2. The van der Waals surface area contributed by atoms with Gasteiger partial charge in [0.05, 0.1) is 0 Å². The van der Waals surface area contributed by atoms with E-state index in [4.69, 9.17) is 0 Å². The summed E-state index contributed by atoms with van der Waals surface area (Å²) in [5, 5.41) is 3.53. The molecule has 106 valence electrons. The van der Waals surface area contributed by atoms with Crippen LogP contribution in [-0.2, 0) is 0 Å². The van der Waals surface area contributed by atoms with E-state index < -0.39 is 0 Å². The van der Waals surface area contributed by atoms with Gasteiger partial charge in [0.25, 0.3) is 0 Å². The molecular weight excluding hydrogens is 249 g/mol. The van der Waals surface area contributed by atoms with Gasteiger partial charge in [0.1, 0.15) is 5.82 Å². The SMILES string of the molecule is Cc1ccc(C(C)NC(C)c2ccccc2C)cc1F. The van der Waals surface area contributed by atoms with Gasteiger partial charge in [0, 0.05) is 12.1 Å². The summed E-state index contributed by atoms with van der Waals surface area (Å²) in [5.41, 5.74) is 4.23. The summed E-state index contributed by atoms with van der Waals surface area (Å²) >= 11 is 0. The minimum absolute atomic E-state index is 0.111. The van der Waals surface area contributed by atoms with Crippen molar-refractivity contribution in [1.82, 2.24) is 5.32 Å². The van der Waals surface area contributed by atoms with E-state index in [1.54, 1.807) is 13.0 Å². The van der Waals surface area contributed by atoms with Crippen LogP contribution in [0.25, 0.3) is 0 Å². The average molecular weight is 271 g/mol. The van der Waals surface area contributed by atoms with Crippen molar-refractivity contribution < 1.29 is 4.39 Å². The predicted octanol–water partition coefficient (Wildman–Crippen LogP) is 4.85. The lowest BCUT2D eigenvalue weighted by Crippen LogP contribution is -2.23. The second-order valence-corrected chi connectivity index (χ2v) is 5.48. The predicted molar refractivity (Wildman–Crippen MR) is 82.3 cm³/mol. The largest absolute Gasteiger partial charge is 0.304 e. The van der Waals surface area contributed by atoms with E-state index in [0.29, 0.717) is 5.56 Å². The molecule has 0 aliphatic carbocycles. The Labute approximate surface area is 120 Å². The Hall–Kier alpha value is -1.67. The van der Waals surface area contributed by atoms with Crippen LogP contribution in [0, 0.1) is 19.7 Å². The van der Waals surface area contributed by atoms with Crippen LogP contribution < -0.4 is 5.32 Å². The topological polar surface area (TPSA) is 12.0 Å². The van der Waals surface area contributed by atoms with Crippen molar-refractivity contribution in [3.05, 3.63) is 70.5 Å². The second-order valence-electron chi connectivity index (χ2n) is 5.48. The van der Waals surface area contributed by atoms with Crippen molar-refractivity contribution in [2.45, 2.75) is 39.8 Å². The first kappa shape index (κ1) is 14.7. The summed E-state index contributed by atoms with van der Waals surface area (Å²) in [6.45, 7) is 8.11. The normalized spacial score (nSPS) is 14.1. The lowest BCUT2D eigenvalue weighted by Gasteiger charge is -2.22. The highest BCUT2D eigenvalue weighted by atomic mass is 19.1. The van der Waals surface area contributed by atoms with Crippen LogP contribution in [0.4, 0.5) is 4.39 Å². The number of hydrogen-bond acceptors (Lipinski definition) is 1. The second kappa shape index (κ2) is 6.19. The molecule has 2 aromatic rings. The van der Waals surface area contributed by atoms with E-state index in [0.717, 1.165) is 5.56 Å². The molecule has 0 saturated heterocycles. The zero-order valence-corrected chi connectivity index (χ0v) is 12.6. The molecule has 2 aromatic carbocycles. The Morgan fingerprint density at radius 1 is 0.900 bits per heavy atom. The fourth-order valence-corrected chi connectivity index (χ4v) is 2.51. The molecule has 0 aliphatic rings. The number of rotatable bonds is 4. The maximum atomic E-state index is 13.6. The summed E-state index contributed by atoms with van der Waals surface area (Å²) in [6, 6.07) is 14.1. The minimum atomic E-state index is -0.139. The van der Waals surface area contributed by atoms with Crippen molar-refractivity contribution >= 4 is 0 Å². The van der Waals surface area contributed by atoms with E-state index in [-0.39, 0.29) is 17.9 Å². The zero-order chi connectivity index (χ0) is 14.7. The van der Waals surface area contributed by atoms with Gasteiger partial charge in [0.2, 0.25) is 0 Å². The van der Waals surface area contributed by atoms with Crippen molar-refractivity contribution in [2.24, 2.45) is 0 Å². The Morgan fingerprint density at radius 2 is 1.60 bits per heavy atom. The van der Waals surface area contributed by atoms with E-state index in [1.807, 2.05) is 18.2 Å². The van der Waals surface area contributed by atoms with Crippen LogP contribution in [0.3, 0.4) is 0 Å². The van der Waals surface area contributed by atoms with Crippen LogP contribution in [0.5, 0.6) is 0 Å². The van der Waals surface area contributed by atoms with E-state index in [1.165, 1.54) is 11.1 Å². The number of nitrogens with one attached hydrogen (secondary N) is 1. The van der Waals surface area contributed by atoms with E-state index in [9.17, 15) is 4.39 Å². The molecule has 0 fully saturated rings. The molecule has 1 N–H and O–H groups in total. The van der Waals surface area contributed by atoms with Gasteiger partial charge in [-0.15, -0.1) is 0 Å². The van der Waals surface area contributed by atoms with Crippen molar-refractivity contribution in [2.75, 3.05) is 0 Å². The molecule has 0 saturated carbocycles. The first-order chi connectivity index (χ1) is 9.49. The van der Waals surface area contributed by atoms with Crippen molar-refractivity contribution in [1.29, 1.82) is 0 Å². The number of halogens is 1. The third-order valence-corrected chi connectivity index (χ3v) is 3.85. The summed E-state index contributed by atoms with van der Waals surface area (Å²) < 4.78 is 13.6. The standard InChI is InChI=1S/C18H22FN/c1-12-7-5-6-8-17(12)15(4)20-14(3)16-10-9-13(2)18(19)11-16/h5-11,14-15,20H,1-4H3. The van der Waals surface area contributed by atoms with Gasteiger partial charge >= 0.3 is 0 Å². The molecule has 2 unspecified atom stereocenters. The molecule has 0 spiro atoms. The molecule has 0 amide bonds. The summed E-state index contributed by atoms with van der Waals surface area (Å²) in [6.07, 6.45) is 0.